The Labute approximate surface area is 87.7 Å². The lowest BCUT2D eigenvalue weighted by atomic mass is 9.88. The van der Waals surface area contributed by atoms with E-state index in [9.17, 15) is 5.26 Å². The van der Waals surface area contributed by atoms with Crippen LogP contribution in [0.4, 0.5) is 0 Å². The first-order valence-corrected chi connectivity index (χ1v) is 5.55. The fourth-order valence-corrected chi connectivity index (χ4v) is 2.23. The van der Waals surface area contributed by atoms with Crippen LogP contribution < -0.4 is 5.32 Å². The van der Waals surface area contributed by atoms with Crippen molar-refractivity contribution in [1.29, 1.82) is 5.26 Å². The van der Waals surface area contributed by atoms with Gasteiger partial charge in [0.05, 0.1) is 6.07 Å². The van der Waals surface area contributed by atoms with Gasteiger partial charge in [-0.2, -0.15) is 5.26 Å². The first-order valence-electron chi connectivity index (χ1n) is 5.55. The molecule has 1 unspecified atom stereocenters. The minimum absolute atomic E-state index is 0.242. The van der Waals surface area contributed by atoms with Crippen molar-refractivity contribution in [2.75, 3.05) is 6.54 Å². The maximum Gasteiger partial charge on any atom is 0.107 e. The molecule has 1 N–H and O–H groups in total. The van der Waals surface area contributed by atoms with Crippen LogP contribution in [0, 0.1) is 22.7 Å². The third kappa shape index (κ3) is 2.72. The molecule has 80 valence electrons. The van der Waals surface area contributed by atoms with Gasteiger partial charge in [0.2, 0.25) is 0 Å². The topological polar surface area (TPSA) is 35.8 Å². The van der Waals surface area contributed by atoms with Gasteiger partial charge >= 0.3 is 0 Å². The van der Waals surface area contributed by atoms with Gasteiger partial charge in [-0.15, -0.1) is 0 Å². The van der Waals surface area contributed by atoms with E-state index < -0.39 is 0 Å². The first kappa shape index (κ1) is 11.5. The quantitative estimate of drug-likeness (QED) is 0.750. The summed E-state index contributed by atoms with van der Waals surface area (Å²) >= 11 is 0. The van der Waals surface area contributed by atoms with Crippen molar-refractivity contribution in [3.05, 3.63) is 0 Å². The zero-order chi connectivity index (χ0) is 10.8. The van der Waals surface area contributed by atoms with Gasteiger partial charge in [-0.25, -0.2) is 0 Å². The van der Waals surface area contributed by atoms with Gasteiger partial charge in [-0.05, 0) is 37.1 Å². The molecule has 1 rings (SSSR count). The smallest absolute Gasteiger partial charge is 0.107 e. The van der Waals surface area contributed by atoms with Crippen LogP contribution in [0.3, 0.4) is 0 Å². The van der Waals surface area contributed by atoms with E-state index in [2.05, 4.69) is 39.1 Å². The van der Waals surface area contributed by atoms with Crippen LogP contribution in [-0.2, 0) is 0 Å². The summed E-state index contributed by atoms with van der Waals surface area (Å²) in [6, 6.07) is 2.48. The summed E-state index contributed by atoms with van der Waals surface area (Å²) in [7, 11) is 0. The van der Waals surface area contributed by atoms with Crippen LogP contribution in [0.15, 0.2) is 0 Å². The number of nitriles is 1. The minimum Gasteiger partial charge on any atom is -0.299 e. The number of hydrogen-bond donors (Lipinski definition) is 1. The second kappa shape index (κ2) is 3.90. The third-order valence-corrected chi connectivity index (χ3v) is 3.07. The van der Waals surface area contributed by atoms with E-state index >= 15 is 0 Å². The van der Waals surface area contributed by atoms with Crippen molar-refractivity contribution in [2.45, 2.75) is 52.5 Å². The second-order valence-corrected chi connectivity index (χ2v) is 5.81. The van der Waals surface area contributed by atoms with Gasteiger partial charge in [-0.1, -0.05) is 27.7 Å². The lowest BCUT2D eigenvalue weighted by molar-refractivity contribution is 0.326. The molecule has 0 bridgehead atoms. The molecule has 0 radical (unpaired) electrons. The summed E-state index contributed by atoms with van der Waals surface area (Å²) in [4.78, 5) is 0. The molecule has 2 nitrogen and oxygen atoms in total. The molecule has 1 fully saturated rings. The summed E-state index contributed by atoms with van der Waals surface area (Å²) < 4.78 is 0. The Morgan fingerprint density at radius 3 is 2.36 bits per heavy atom. The summed E-state index contributed by atoms with van der Waals surface area (Å²) in [5.74, 6) is 0.615. The normalized spacial score (nSPS) is 30.6. The van der Waals surface area contributed by atoms with E-state index in [1.54, 1.807) is 0 Å². The third-order valence-electron chi connectivity index (χ3n) is 3.07. The molecule has 14 heavy (non-hydrogen) atoms. The molecule has 1 aliphatic carbocycles. The van der Waals surface area contributed by atoms with Crippen molar-refractivity contribution in [3.63, 3.8) is 0 Å². The van der Waals surface area contributed by atoms with Gasteiger partial charge in [0, 0.05) is 0 Å². The molecule has 1 aliphatic rings. The lowest BCUT2D eigenvalue weighted by Crippen LogP contribution is -2.43. The molecule has 0 aromatic heterocycles. The van der Waals surface area contributed by atoms with E-state index in [-0.39, 0.29) is 5.54 Å². The Bertz CT molecular complexity index is 237. The van der Waals surface area contributed by atoms with Crippen molar-refractivity contribution >= 4 is 0 Å². The lowest BCUT2D eigenvalue weighted by Gasteiger charge is -2.26. The van der Waals surface area contributed by atoms with Crippen LogP contribution in [0.5, 0.6) is 0 Å². The Balaban J connectivity index is 2.58. The summed E-state index contributed by atoms with van der Waals surface area (Å²) in [6.45, 7) is 9.81. The second-order valence-electron chi connectivity index (χ2n) is 5.81. The molecular formula is C12H22N2. The predicted octanol–water partition coefficient (Wildman–Crippen LogP) is 2.70. The number of nitrogens with zero attached hydrogens (tertiary/aromatic N) is 1. The number of nitrogens with one attached hydrogen (secondary N) is 1. The van der Waals surface area contributed by atoms with Gasteiger partial charge in [0.25, 0.3) is 0 Å². The maximum atomic E-state index is 9.25. The highest BCUT2D eigenvalue weighted by atomic mass is 15.0. The van der Waals surface area contributed by atoms with Crippen molar-refractivity contribution in [3.8, 4) is 6.07 Å². The van der Waals surface area contributed by atoms with Gasteiger partial charge < -0.3 is 0 Å². The summed E-state index contributed by atoms with van der Waals surface area (Å²) in [5, 5.41) is 12.7. The van der Waals surface area contributed by atoms with Crippen LogP contribution in [0.1, 0.15) is 47.0 Å². The monoisotopic (exact) mass is 194 g/mol. The molecule has 1 saturated carbocycles. The van der Waals surface area contributed by atoms with E-state index in [1.807, 2.05) is 0 Å². The molecule has 0 heterocycles. The highest BCUT2D eigenvalue weighted by molar-refractivity contribution is 5.13. The standard InChI is InChI=1S/C12H22N2/c1-10(2)7-14-12(9-13)6-5-11(3,4)8-12/h10,14H,5-8H2,1-4H3. The molecule has 0 amide bonds. The molecule has 0 aromatic rings. The van der Waals surface area contributed by atoms with Crippen LogP contribution in [0.2, 0.25) is 0 Å². The Hall–Kier alpha value is -0.550. The molecule has 1 atom stereocenters. The minimum atomic E-state index is -0.242. The van der Waals surface area contributed by atoms with Crippen LogP contribution in [-0.4, -0.2) is 12.1 Å². The highest BCUT2D eigenvalue weighted by Crippen LogP contribution is 2.43. The Kier molecular flexibility index (Phi) is 3.21. The van der Waals surface area contributed by atoms with Gasteiger partial charge in [0.1, 0.15) is 5.54 Å². The van der Waals surface area contributed by atoms with Gasteiger partial charge in [-0.3, -0.25) is 5.32 Å². The maximum absolute atomic E-state index is 9.25. The molecule has 0 aromatic carbocycles. The SMILES string of the molecule is CC(C)CNC1(C#N)CCC(C)(C)C1. The fraction of sp³-hybridized carbons (Fsp3) is 0.917. The van der Waals surface area contributed by atoms with Crippen LogP contribution in [0.25, 0.3) is 0 Å². The molecule has 0 spiro atoms. The van der Waals surface area contributed by atoms with Crippen molar-refractivity contribution in [2.24, 2.45) is 11.3 Å². The average molecular weight is 194 g/mol. The van der Waals surface area contributed by atoms with E-state index in [4.69, 9.17) is 0 Å². The van der Waals surface area contributed by atoms with Crippen molar-refractivity contribution < 1.29 is 0 Å². The van der Waals surface area contributed by atoms with E-state index in [0.29, 0.717) is 11.3 Å². The van der Waals surface area contributed by atoms with E-state index in [0.717, 1.165) is 25.8 Å². The average Bonchev–Trinajstić information content (AvgIpc) is 2.40. The molecular weight excluding hydrogens is 172 g/mol. The molecule has 2 heteroatoms. The fourth-order valence-electron chi connectivity index (χ4n) is 2.23. The largest absolute Gasteiger partial charge is 0.299 e. The first-order chi connectivity index (χ1) is 6.39. The molecule has 0 aliphatic heterocycles. The molecule has 0 saturated heterocycles. The zero-order valence-electron chi connectivity index (χ0n) is 9.85. The number of hydrogen-bond acceptors (Lipinski definition) is 2. The Morgan fingerprint density at radius 1 is 1.36 bits per heavy atom. The zero-order valence-corrected chi connectivity index (χ0v) is 9.85. The van der Waals surface area contributed by atoms with E-state index in [1.165, 1.54) is 0 Å². The van der Waals surface area contributed by atoms with Crippen LogP contribution >= 0.6 is 0 Å². The van der Waals surface area contributed by atoms with Gasteiger partial charge in [0.15, 0.2) is 0 Å². The van der Waals surface area contributed by atoms with Crippen molar-refractivity contribution in [1.82, 2.24) is 5.32 Å². The Morgan fingerprint density at radius 2 is 2.00 bits per heavy atom. The summed E-state index contributed by atoms with van der Waals surface area (Å²) in [5.41, 5.74) is 0.0908. The number of rotatable bonds is 3. The predicted molar refractivity (Wildman–Crippen MR) is 58.8 cm³/mol. The summed E-state index contributed by atoms with van der Waals surface area (Å²) in [6.07, 6.45) is 3.15. The highest BCUT2D eigenvalue weighted by Gasteiger charge is 2.43.